The maximum absolute atomic E-state index is 17.1. The summed E-state index contributed by atoms with van der Waals surface area (Å²) in [4.78, 5) is 63.8. The first-order valence-corrected chi connectivity index (χ1v) is 26.2. The Hall–Kier alpha value is -6.03. The molecule has 3 aromatic carbocycles. The third-order valence-electron chi connectivity index (χ3n) is 17.7. The van der Waals surface area contributed by atoms with Crippen molar-refractivity contribution in [3.63, 3.8) is 0 Å². The molecule has 14 nitrogen and oxygen atoms in total. The van der Waals surface area contributed by atoms with Crippen molar-refractivity contribution in [2.75, 3.05) is 81.9 Å². The van der Waals surface area contributed by atoms with Crippen LogP contribution in [0, 0.1) is 22.6 Å². The predicted molar refractivity (Wildman–Crippen MR) is 272 cm³/mol. The fraction of sp³-hybridized carbons (Fsp3) is 0.500. The number of piperidine rings is 2. The minimum Gasteiger partial charge on any atom is -0.463 e. The zero-order valence-electron chi connectivity index (χ0n) is 40.5. The van der Waals surface area contributed by atoms with E-state index in [1.54, 1.807) is 11.1 Å². The molecule has 71 heavy (non-hydrogen) atoms. The predicted octanol–water partition coefficient (Wildman–Crippen LogP) is 6.80. The lowest BCUT2D eigenvalue weighted by molar-refractivity contribution is -0.136. The molecule has 1 spiro atoms. The highest BCUT2D eigenvalue weighted by Crippen LogP contribution is 2.54. The zero-order chi connectivity index (χ0) is 48.0. The Morgan fingerprint density at radius 1 is 0.845 bits per heavy atom. The number of amides is 3. The van der Waals surface area contributed by atoms with Crippen molar-refractivity contribution in [1.29, 1.82) is 0 Å². The van der Waals surface area contributed by atoms with E-state index in [1.807, 2.05) is 54.6 Å². The van der Waals surface area contributed by atoms with Crippen LogP contribution < -0.4 is 25.2 Å². The van der Waals surface area contributed by atoms with E-state index in [0.717, 1.165) is 125 Å². The number of halogens is 1. The van der Waals surface area contributed by atoms with Crippen molar-refractivity contribution in [1.82, 2.24) is 40.3 Å². The second-order valence-corrected chi connectivity index (χ2v) is 22.4. The number of carbonyl (C=O) groups is 3. The molecule has 2 N–H and O–H groups in total. The van der Waals surface area contributed by atoms with Crippen LogP contribution in [0.15, 0.2) is 67.4 Å². The molecular weight excluding hydrogens is 896 g/mol. The fourth-order valence-corrected chi connectivity index (χ4v) is 13.6. The number of nitrogens with one attached hydrogen (secondary N) is 2. The number of aromatic nitrogens is 3. The quantitative estimate of drug-likeness (QED) is 0.127. The Labute approximate surface area is 414 Å². The van der Waals surface area contributed by atoms with E-state index >= 15 is 4.39 Å². The zero-order valence-corrected chi connectivity index (χ0v) is 40.5. The molecule has 5 aromatic rings. The molecule has 2 aromatic heterocycles. The second kappa shape index (κ2) is 17.6. The summed E-state index contributed by atoms with van der Waals surface area (Å²) in [7, 11) is 0. The van der Waals surface area contributed by atoms with E-state index < -0.39 is 11.9 Å². The van der Waals surface area contributed by atoms with Gasteiger partial charge in [0, 0.05) is 106 Å². The van der Waals surface area contributed by atoms with E-state index in [-0.39, 0.29) is 46.8 Å². The Balaban J connectivity index is 0.618. The molecule has 6 aliphatic heterocycles. The summed E-state index contributed by atoms with van der Waals surface area (Å²) in [5.41, 5.74) is 5.43. The van der Waals surface area contributed by atoms with Crippen molar-refractivity contribution in [3.05, 3.63) is 89.9 Å². The lowest BCUT2D eigenvalue weighted by atomic mass is 9.57. The number of hydrogen-bond acceptors (Lipinski definition) is 12. The third kappa shape index (κ3) is 8.31. The van der Waals surface area contributed by atoms with Crippen LogP contribution in [0.2, 0.25) is 0 Å². The Morgan fingerprint density at radius 2 is 1.62 bits per heavy atom. The molecule has 2 aliphatic carbocycles. The van der Waals surface area contributed by atoms with E-state index in [4.69, 9.17) is 19.7 Å². The summed E-state index contributed by atoms with van der Waals surface area (Å²) < 4.78 is 23.7. The molecule has 8 heterocycles. The van der Waals surface area contributed by atoms with Crippen molar-refractivity contribution >= 4 is 57.0 Å². The number of fused-ring (bicyclic) bond motifs is 5. The molecule has 2 unspecified atom stereocenters. The minimum absolute atomic E-state index is 0.0563. The van der Waals surface area contributed by atoms with Gasteiger partial charge in [-0.05, 0) is 122 Å². The highest BCUT2D eigenvalue weighted by atomic mass is 19.1. The largest absolute Gasteiger partial charge is 0.463 e. The van der Waals surface area contributed by atoms with Crippen LogP contribution in [0.25, 0.3) is 39.0 Å². The summed E-state index contributed by atoms with van der Waals surface area (Å²) in [5, 5.41) is 8.65. The number of pyridine rings is 1. The summed E-state index contributed by atoms with van der Waals surface area (Å²) in [6.07, 6.45) is 13.8. The number of hydrogen-bond donors (Lipinski definition) is 2. The van der Waals surface area contributed by atoms with Gasteiger partial charge in [0.2, 0.25) is 11.8 Å². The van der Waals surface area contributed by atoms with Crippen LogP contribution in [-0.4, -0.2) is 138 Å². The molecule has 368 valence electrons. The second-order valence-electron chi connectivity index (χ2n) is 22.4. The molecule has 13 rings (SSSR count). The van der Waals surface area contributed by atoms with Crippen LogP contribution in [-0.2, 0) is 16.1 Å². The summed E-state index contributed by atoms with van der Waals surface area (Å²) in [6, 6.07) is 18.4. The molecule has 8 aliphatic rings. The van der Waals surface area contributed by atoms with Crippen molar-refractivity contribution in [3.8, 4) is 17.3 Å². The number of benzene rings is 3. The Kier molecular flexibility index (Phi) is 11.1. The summed E-state index contributed by atoms with van der Waals surface area (Å²) in [6.45, 7) is 14.9. The number of carbonyl (C=O) groups excluding carboxylic acids is 3. The average Bonchev–Trinajstić information content (AvgIpc) is 3.95. The molecule has 15 heteroatoms. The first kappa shape index (κ1) is 44.9. The van der Waals surface area contributed by atoms with Gasteiger partial charge in [-0.1, -0.05) is 49.1 Å². The number of nitrogens with zero attached hydrogens (tertiary/aromatic N) is 8. The molecule has 3 amide bonds. The molecule has 5 saturated heterocycles. The van der Waals surface area contributed by atoms with E-state index in [2.05, 4.69) is 42.9 Å². The van der Waals surface area contributed by atoms with E-state index in [1.165, 1.54) is 25.7 Å². The topological polar surface area (TPSA) is 139 Å². The number of ether oxygens (including phenoxy) is 1. The normalized spacial score (nSPS) is 25.2. The molecule has 3 atom stereocenters. The van der Waals surface area contributed by atoms with Gasteiger partial charge >= 0.3 is 6.01 Å². The standard InChI is InChI=1S/C56H63FN10O4/c1-2-36-5-3-6-37-7-4-8-43(47(36)37)49-48(57)50-44(28-58-49)51(66-31-39-9-10-40(32-66)59-39)62-54(61-50)71-34-56(15-16-56)33-64-19-17-55(18-20-64)26-35(27-55)29-63-21-23-65(24-22-63)41-11-12-42-38(25-41)30-67(53(42)70)45-13-14-46(68)60-52(45)69/h2-8,11-12,25,28,35,39-40,45,59H,1,9-10,13-24,26-27,29-34H2,(H,60,68,69)/t39?,40?,45-/m0/s1. The van der Waals surface area contributed by atoms with Gasteiger partial charge < -0.3 is 29.7 Å². The lowest BCUT2D eigenvalue weighted by Gasteiger charge is -2.54. The maximum Gasteiger partial charge on any atom is 0.319 e. The van der Waals surface area contributed by atoms with Crippen molar-refractivity contribution < 1.29 is 23.5 Å². The number of piperazine rings is 2. The van der Waals surface area contributed by atoms with Gasteiger partial charge in [-0.3, -0.25) is 29.6 Å². The van der Waals surface area contributed by atoms with Crippen molar-refractivity contribution in [2.24, 2.45) is 16.7 Å². The summed E-state index contributed by atoms with van der Waals surface area (Å²) >= 11 is 0. The SMILES string of the molecule is C=Cc1cccc2cccc(-c3ncc4c(N5CC6CCC(C5)N6)nc(OCC5(CN6CCC7(CC6)CC(CN6CCN(c8ccc9c(c8)CN([C@H]8CCC(=O)NC8=O)C9=O)CC6)C7)CC5)nc4c3F)c12. The fourth-order valence-electron chi connectivity index (χ4n) is 13.6. The average molecular weight is 959 g/mol. The first-order valence-electron chi connectivity index (χ1n) is 26.2. The highest BCUT2D eigenvalue weighted by molar-refractivity contribution is 6.06. The van der Waals surface area contributed by atoms with Gasteiger partial charge in [-0.15, -0.1) is 0 Å². The van der Waals surface area contributed by atoms with Gasteiger partial charge in [0.15, 0.2) is 5.82 Å². The molecule has 0 radical (unpaired) electrons. The molecule has 7 fully saturated rings. The minimum atomic E-state index is -0.595. The van der Waals surface area contributed by atoms with Gasteiger partial charge in [-0.2, -0.15) is 9.97 Å². The smallest absolute Gasteiger partial charge is 0.319 e. The highest BCUT2D eigenvalue weighted by Gasteiger charge is 2.50. The molecule has 2 saturated carbocycles. The lowest BCUT2D eigenvalue weighted by Crippen LogP contribution is -2.53. The van der Waals surface area contributed by atoms with Gasteiger partial charge in [0.05, 0.1) is 12.0 Å². The monoisotopic (exact) mass is 959 g/mol. The van der Waals surface area contributed by atoms with Crippen LogP contribution >= 0.6 is 0 Å². The third-order valence-corrected chi connectivity index (χ3v) is 17.7. The van der Waals surface area contributed by atoms with Crippen LogP contribution in [0.3, 0.4) is 0 Å². The van der Waals surface area contributed by atoms with Crippen LogP contribution in [0.4, 0.5) is 15.9 Å². The maximum atomic E-state index is 17.1. The molecule has 2 bridgehead atoms. The summed E-state index contributed by atoms with van der Waals surface area (Å²) in [5.74, 6) is 0.223. The Morgan fingerprint density at radius 3 is 2.37 bits per heavy atom. The number of rotatable bonds is 12. The van der Waals surface area contributed by atoms with E-state index in [9.17, 15) is 14.4 Å². The molecular formula is C56H63FN10O4. The first-order chi connectivity index (χ1) is 34.6. The number of imide groups is 1. The number of anilines is 2. The van der Waals surface area contributed by atoms with Gasteiger partial charge in [-0.25, -0.2) is 4.39 Å². The van der Waals surface area contributed by atoms with Gasteiger partial charge in [0.1, 0.15) is 23.1 Å². The van der Waals surface area contributed by atoms with Crippen molar-refractivity contribution in [2.45, 2.75) is 88.9 Å². The van der Waals surface area contributed by atoms with Crippen LogP contribution in [0.5, 0.6) is 6.01 Å². The van der Waals surface area contributed by atoms with E-state index in [0.29, 0.717) is 59.4 Å². The van der Waals surface area contributed by atoms with Crippen LogP contribution in [0.1, 0.15) is 85.7 Å². The van der Waals surface area contributed by atoms with Gasteiger partial charge in [0.25, 0.3) is 5.91 Å². The Bertz CT molecular complexity index is 2960. The number of likely N-dealkylation sites (tertiary alicyclic amines) is 1.